The molecule has 4 N–H and O–H groups in total. The zero-order valence-corrected chi connectivity index (χ0v) is 27.2. The molecule has 256 valence electrons. The summed E-state index contributed by atoms with van der Waals surface area (Å²) in [6.07, 6.45) is -1.18. The molecule has 48 heavy (non-hydrogen) atoms. The number of amides is 1. The lowest BCUT2D eigenvalue weighted by Gasteiger charge is -2.25. The smallest absolute Gasteiger partial charge is 0.435 e. The van der Waals surface area contributed by atoms with Gasteiger partial charge >= 0.3 is 6.18 Å². The van der Waals surface area contributed by atoms with Crippen molar-refractivity contribution in [1.82, 2.24) is 29.5 Å². The van der Waals surface area contributed by atoms with Gasteiger partial charge in [-0.1, -0.05) is 0 Å². The van der Waals surface area contributed by atoms with Crippen LogP contribution >= 0.6 is 10.6 Å². The highest BCUT2D eigenvalue weighted by Crippen LogP contribution is 2.46. The van der Waals surface area contributed by atoms with Crippen molar-refractivity contribution < 1.29 is 49.7 Å². The molecule has 0 radical (unpaired) electrons. The van der Waals surface area contributed by atoms with Crippen molar-refractivity contribution >= 4 is 38.2 Å². The summed E-state index contributed by atoms with van der Waals surface area (Å²) in [5.41, 5.74) is -0.939. The minimum atomic E-state index is -4.78. The predicted octanol–water partition coefficient (Wildman–Crippen LogP) is 4.53. The Morgan fingerprint density at radius 1 is 1.00 bits per heavy atom. The number of carbonyl (C=O) groups excluding carboxylic acids is 1. The summed E-state index contributed by atoms with van der Waals surface area (Å²) in [5, 5.41) is 6.67. The summed E-state index contributed by atoms with van der Waals surface area (Å²) >= 11 is 0. The normalized spacial score (nSPS) is 15.0. The van der Waals surface area contributed by atoms with E-state index in [1.807, 2.05) is 4.72 Å². The fourth-order valence-electron chi connectivity index (χ4n) is 4.56. The van der Waals surface area contributed by atoms with Crippen molar-refractivity contribution in [1.29, 1.82) is 0 Å². The van der Waals surface area contributed by atoms with Gasteiger partial charge in [0.15, 0.2) is 11.5 Å². The molecule has 0 spiro atoms. The maximum Gasteiger partial charge on any atom is 0.435 e. The SMILES string of the molecule is COc1cc(Nc2ncc(-c3cnc(OC)c(C(=O)NS(=O)(=O)C4=CCS(O)(O)C4)c3)c(-n3nc(C(F)(F)F)cc3C)n2)cc(OC)c1. The molecule has 1 aliphatic rings. The van der Waals surface area contributed by atoms with Crippen LogP contribution in [0.2, 0.25) is 0 Å². The number of benzene rings is 1. The fourth-order valence-corrected chi connectivity index (χ4v) is 7.80. The highest BCUT2D eigenvalue weighted by atomic mass is 32.3. The van der Waals surface area contributed by atoms with Gasteiger partial charge in [-0.25, -0.2) is 27.8 Å². The number of anilines is 2. The third kappa shape index (κ3) is 7.30. The quantitative estimate of drug-likeness (QED) is 0.179. The predicted molar refractivity (Wildman–Crippen MR) is 169 cm³/mol. The summed E-state index contributed by atoms with van der Waals surface area (Å²) in [5.74, 6) is -1.64. The van der Waals surface area contributed by atoms with Crippen molar-refractivity contribution in [2.45, 2.75) is 13.1 Å². The monoisotopic (exact) mass is 711 g/mol. The van der Waals surface area contributed by atoms with E-state index in [0.29, 0.717) is 17.2 Å². The summed E-state index contributed by atoms with van der Waals surface area (Å²) in [7, 11) is -3.57. The van der Waals surface area contributed by atoms with E-state index in [4.69, 9.17) is 14.2 Å². The number of methoxy groups -OCH3 is 3. The van der Waals surface area contributed by atoms with Crippen LogP contribution < -0.4 is 24.2 Å². The molecule has 3 aromatic heterocycles. The lowest BCUT2D eigenvalue weighted by atomic mass is 10.1. The number of alkyl halides is 3. The second kappa shape index (κ2) is 12.9. The van der Waals surface area contributed by atoms with Gasteiger partial charge in [-0.15, -0.1) is 0 Å². The molecular formula is C28H28F3N7O8S2. The van der Waals surface area contributed by atoms with E-state index in [1.165, 1.54) is 46.7 Å². The number of aryl methyl sites for hydroxylation is 1. The third-order valence-electron chi connectivity index (χ3n) is 6.88. The van der Waals surface area contributed by atoms with Crippen LogP contribution in [0.1, 0.15) is 21.7 Å². The zero-order valence-electron chi connectivity index (χ0n) is 25.6. The fraction of sp³-hybridized carbons (Fsp3) is 0.250. The molecule has 15 nitrogen and oxygen atoms in total. The van der Waals surface area contributed by atoms with Gasteiger partial charge in [-0.2, -0.15) is 33.8 Å². The summed E-state index contributed by atoms with van der Waals surface area (Å²) in [4.78, 5) is 25.7. The number of nitrogens with zero attached hydrogens (tertiary/aromatic N) is 5. The number of aromatic nitrogens is 5. The van der Waals surface area contributed by atoms with Crippen molar-refractivity contribution in [3.63, 3.8) is 0 Å². The van der Waals surface area contributed by atoms with E-state index in [2.05, 4.69) is 25.4 Å². The summed E-state index contributed by atoms with van der Waals surface area (Å²) < 4.78 is 105. The van der Waals surface area contributed by atoms with Gasteiger partial charge in [-0.05, 0) is 25.1 Å². The van der Waals surface area contributed by atoms with Gasteiger partial charge in [0.05, 0.1) is 37.7 Å². The highest BCUT2D eigenvalue weighted by Gasteiger charge is 2.35. The Hall–Kier alpha value is -4.92. The Kier molecular flexibility index (Phi) is 9.28. The molecule has 0 fully saturated rings. The molecule has 1 aromatic carbocycles. The maximum absolute atomic E-state index is 13.7. The first-order chi connectivity index (χ1) is 22.5. The van der Waals surface area contributed by atoms with Crippen LogP contribution in [0.15, 0.2) is 53.7 Å². The minimum Gasteiger partial charge on any atom is -0.497 e. The zero-order chi connectivity index (χ0) is 35.0. The van der Waals surface area contributed by atoms with Crippen molar-refractivity contribution in [2.24, 2.45) is 0 Å². The number of carbonyl (C=O) groups is 1. The molecule has 0 atom stereocenters. The molecule has 0 saturated carbocycles. The van der Waals surface area contributed by atoms with E-state index in [0.717, 1.165) is 16.8 Å². The number of sulfonamides is 1. The number of ether oxygens (including phenoxy) is 3. The van der Waals surface area contributed by atoms with Gasteiger partial charge in [0.1, 0.15) is 17.1 Å². The number of rotatable bonds is 10. The molecule has 4 heterocycles. The average Bonchev–Trinajstić information content (AvgIpc) is 3.62. The first-order valence-corrected chi connectivity index (χ1v) is 17.0. The van der Waals surface area contributed by atoms with Crippen LogP contribution in [-0.4, -0.2) is 81.0 Å². The van der Waals surface area contributed by atoms with E-state index < -0.39 is 44.1 Å². The highest BCUT2D eigenvalue weighted by molar-refractivity contribution is 8.25. The molecule has 1 aliphatic heterocycles. The number of nitrogens with one attached hydrogen (secondary N) is 2. The molecule has 0 unspecified atom stereocenters. The molecule has 0 saturated heterocycles. The Morgan fingerprint density at radius 3 is 2.25 bits per heavy atom. The van der Waals surface area contributed by atoms with Gasteiger partial charge in [0.2, 0.25) is 11.8 Å². The average molecular weight is 712 g/mol. The maximum atomic E-state index is 13.7. The molecule has 0 aliphatic carbocycles. The minimum absolute atomic E-state index is 0.0533. The van der Waals surface area contributed by atoms with Gasteiger partial charge in [-0.3, -0.25) is 13.9 Å². The van der Waals surface area contributed by atoms with Gasteiger partial charge < -0.3 is 19.5 Å². The second-order valence-electron chi connectivity index (χ2n) is 10.2. The number of pyridine rings is 1. The molecular weight excluding hydrogens is 683 g/mol. The second-order valence-corrected chi connectivity index (χ2v) is 14.2. The van der Waals surface area contributed by atoms with Crippen molar-refractivity contribution in [2.75, 3.05) is 38.2 Å². The van der Waals surface area contributed by atoms with Crippen LogP contribution in [0.4, 0.5) is 24.8 Å². The summed E-state index contributed by atoms with van der Waals surface area (Å²) in [6.45, 7) is 1.39. The molecule has 5 rings (SSSR count). The van der Waals surface area contributed by atoms with Crippen LogP contribution in [0.25, 0.3) is 16.9 Å². The number of halogens is 3. The Balaban J connectivity index is 1.59. The third-order valence-corrected chi connectivity index (χ3v) is 9.99. The largest absolute Gasteiger partial charge is 0.497 e. The van der Waals surface area contributed by atoms with E-state index in [9.17, 15) is 35.5 Å². The van der Waals surface area contributed by atoms with Gasteiger partial charge in [0, 0.05) is 53.1 Å². The lowest BCUT2D eigenvalue weighted by molar-refractivity contribution is -0.141. The Labute approximate surface area is 273 Å². The first kappa shape index (κ1) is 34.4. The number of hydrogen-bond acceptors (Lipinski definition) is 13. The lowest BCUT2D eigenvalue weighted by Crippen LogP contribution is -2.32. The van der Waals surface area contributed by atoms with Gasteiger partial charge in [0.25, 0.3) is 15.9 Å². The van der Waals surface area contributed by atoms with E-state index >= 15 is 0 Å². The Bertz CT molecular complexity index is 2010. The summed E-state index contributed by atoms with van der Waals surface area (Å²) in [6, 6.07) is 6.86. The van der Waals surface area contributed by atoms with Crippen LogP contribution in [0.5, 0.6) is 17.4 Å². The van der Waals surface area contributed by atoms with E-state index in [1.54, 1.807) is 18.2 Å². The molecule has 0 bridgehead atoms. The topological polar surface area (TPSA) is 200 Å². The van der Waals surface area contributed by atoms with Crippen molar-refractivity contribution in [3.05, 3.63) is 70.7 Å². The number of hydrogen-bond donors (Lipinski definition) is 4. The van der Waals surface area contributed by atoms with Crippen LogP contribution in [0.3, 0.4) is 0 Å². The molecule has 4 aromatic rings. The van der Waals surface area contributed by atoms with Crippen LogP contribution in [-0.2, 0) is 16.2 Å². The van der Waals surface area contributed by atoms with E-state index in [-0.39, 0.29) is 50.7 Å². The molecule has 20 heteroatoms. The van der Waals surface area contributed by atoms with Crippen molar-refractivity contribution in [3.8, 4) is 34.3 Å². The first-order valence-electron chi connectivity index (χ1n) is 13.6. The molecule has 1 amide bonds. The van der Waals surface area contributed by atoms with Crippen LogP contribution in [0, 0.1) is 6.92 Å². The Morgan fingerprint density at radius 2 is 1.69 bits per heavy atom. The standard InChI is InChI=1S/C28H28F3N7O8S2/c1-15-7-23(28(29,30)31)36-38(15)24-22(13-33-27(35-24)34-17-9-18(44-2)11-19(10-17)45-3)16-8-21(26(46-4)32-12-16)25(39)37-48(42,43)20-5-6-47(40,41)14-20/h5,7-13,40-41H,6,14H2,1-4H3,(H,37,39)(H,33,34,35).